The van der Waals surface area contributed by atoms with Gasteiger partial charge in [0.05, 0.1) is 6.04 Å². The van der Waals surface area contributed by atoms with Gasteiger partial charge in [-0.15, -0.1) is 0 Å². The number of nitrogens with zero attached hydrogens (tertiary/aromatic N) is 1. The number of nitrogens with one attached hydrogen (secondary N) is 1. The molecule has 0 aliphatic carbocycles. The molecule has 4 nitrogen and oxygen atoms in total. The predicted octanol–water partition coefficient (Wildman–Crippen LogP) is 2.26. The lowest BCUT2D eigenvalue weighted by Crippen LogP contribution is -2.40. The molecule has 0 saturated carbocycles. The van der Waals surface area contributed by atoms with E-state index in [-0.39, 0.29) is 18.6 Å². The number of carbonyl (C=O) groups excluding carboxylic acids is 1. The van der Waals surface area contributed by atoms with Crippen LogP contribution >= 0.6 is 0 Å². The van der Waals surface area contributed by atoms with Crippen LogP contribution in [0.5, 0.6) is 0 Å². The molecule has 0 spiro atoms. The molecule has 0 unspecified atom stereocenters. The third-order valence-corrected chi connectivity index (χ3v) is 3.92. The molecule has 0 radical (unpaired) electrons. The maximum Gasteiger partial charge on any atom is 0.249 e. The number of rotatable bonds is 2. The van der Waals surface area contributed by atoms with E-state index in [0.29, 0.717) is 0 Å². The van der Waals surface area contributed by atoms with Crippen molar-refractivity contribution in [1.29, 1.82) is 0 Å². The zero-order valence-corrected chi connectivity index (χ0v) is 11.3. The van der Waals surface area contributed by atoms with Crippen molar-refractivity contribution in [3.63, 3.8) is 0 Å². The number of fused-ring (bicyclic) bond motifs is 3. The fourth-order valence-corrected chi connectivity index (χ4v) is 2.98. The molecule has 19 heavy (non-hydrogen) atoms. The first-order chi connectivity index (χ1) is 9.22. The fraction of sp³-hybridized carbons (Fsp3) is 0.400. The number of benzene rings is 1. The number of methoxy groups -OCH3 is 1. The van der Waals surface area contributed by atoms with Gasteiger partial charge in [0, 0.05) is 30.3 Å². The second-order valence-electron chi connectivity index (χ2n) is 5.01. The van der Waals surface area contributed by atoms with Gasteiger partial charge < -0.3 is 14.6 Å². The average Bonchev–Trinajstić information content (AvgIpc) is 2.79. The number of ether oxygens (including phenoxy) is 1. The van der Waals surface area contributed by atoms with Crippen LogP contribution in [0, 0.1) is 0 Å². The molecule has 1 atom stereocenters. The third kappa shape index (κ3) is 1.92. The summed E-state index contributed by atoms with van der Waals surface area (Å²) in [7, 11) is 1.56. The molecular weight excluding hydrogens is 240 g/mol. The Balaban J connectivity index is 1.99. The number of H-pyrrole nitrogens is 1. The van der Waals surface area contributed by atoms with Gasteiger partial charge >= 0.3 is 0 Å². The van der Waals surface area contributed by atoms with Gasteiger partial charge in [0.2, 0.25) is 5.91 Å². The van der Waals surface area contributed by atoms with E-state index in [1.54, 1.807) is 7.11 Å². The molecule has 1 aliphatic heterocycles. The second kappa shape index (κ2) is 4.70. The predicted molar refractivity (Wildman–Crippen MR) is 74.0 cm³/mol. The Hall–Kier alpha value is -1.81. The maximum absolute atomic E-state index is 12.0. The summed E-state index contributed by atoms with van der Waals surface area (Å²) >= 11 is 0. The molecule has 1 amide bonds. The lowest BCUT2D eigenvalue weighted by molar-refractivity contribution is -0.137. The summed E-state index contributed by atoms with van der Waals surface area (Å²) in [6.45, 7) is 2.99. The minimum atomic E-state index is 0.0549. The Morgan fingerprint density at radius 2 is 2.26 bits per heavy atom. The summed E-state index contributed by atoms with van der Waals surface area (Å²) < 4.78 is 4.95. The quantitative estimate of drug-likeness (QED) is 0.898. The highest BCUT2D eigenvalue weighted by atomic mass is 16.5. The highest BCUT2D eigenvalue weighted by molar-refractivity contribution is 5.86. The molecule has 1 aromatic heterocycles. The van der Waals surface area contributed by atoms with E-state index < -0.39 is 0 Å². The Morgan fingerprint density at radius 1 is 1.47 bits per heavy atom. The van der Waals surface area contributed by atoms with Gasteiger partial charge in [0.25, 0.3) is 0 Å². The first-order valence-corrected chi connectivity index (χ1v) is 6.60. The minimum Gasteiger partial charge on any atom is -0.375 e. The molecule has 1 N–H and O–H groups in total. The average molecular weight is 258 g/mol. The van der Waals surface area contributed by atoms with Crippen LogP contribution in [0.4, 0.5) is 0 Å². The highest BCUT2D eigenvalue weighted by Gasteiger charge is 2.29. The molecule has 1 aromatic carbocycles. The van der Waals surface area contributed by atoms with Crippen molar-refractivity contribution in [3.8, 4) is 0 Å². The lowest BCUT2D eigenvalue weighted by atomic mass is 9.98. The molecule has 4 heteroatoms. The van der Waals surface area contributed by atoms with Crippen molar-refractivity contribution >= 4 is 16.8 Å². The van der Waals surface area contributed by atoms with Crippen LogP contribution in [0.15, 0.2) is 24.3 Å². The normalized spacial score (nSPS) is 18.6. The number of hydrogen-bond donors (Lipinski definition) is 1. The molecule has 2 heterocycles. The summed E-state index contributed by atoms with van der Waals surface area (Å²) in [6.07, 6.45) is 0.902. The van der Waals surface area contributed by atoms with Crippen LogP contribution in [0.25, 0.3) is 10.9 Å². The number of amides is 1. The molecule has 1 aliphatic rings. The summed E-state index contributed by atoms with van der Waals surface area (Å²) in [4.78, 5) is 17.4. The van der Waals surface area contributed by atoms with Crippen molar-refractivity contribution in [3.05, 3.63) is 35.5 Å². The van der Waals surface area contributed by atoms with E-state index in [9.17, 15) is 4.79 Å². The fourth-order valence-electron chi connectivity index (χ4n) is 2.98. The van der Waals surface area contributed by atoms with Crippen LogP contribution in [0.2, 0.25) is 0 Å². The van der Waals surface area contributed by atoms with E-state index in [4.69, 9.17) is 4.74 Å². The monoisotopic (exact) mass is 258 g/mol. The Kier molecular flexibility index (Phi) is 3.03. The molecule has 2 aromatic rings. The van der Waals surface area contributed by atoms with E-state index in [2.05, 4.69) is 30.1 Å². The molecule has 0 bridgehead atoms. The van der Waals surface area contributed by atoms with E-state index in [1.807, 2.05) is 11.0 Å². The van der Waals surface area contributed by atoms with Crippen molar-refractivity contribution in [2.24, 2.45) is 0 Å². The zero-order valence-electron chi connectivity index (χ0n) is 11.3. The Labute approximate surface area is 112 Å². The van der Waals surface area contributed by atoms with Gasteiger partial charge in [-0.2, -0.15) is 0 Å². The molecule has 0 fully saturated rings. The van der Waals surface area contributed by atoms with Crippen molar-refractivity contribution in [2.75, 3.05) is 20.3 Å². The number of aromatic amines is 1. The lowest BCUT2D eigenvalue weighted by Gasteiger charge is -2.33. The highest BCUT2D eigenvalue weighted by Crippen LogP contribution is 2.33. The number of aromatic nitrogens is 1. The smallest absolute Gasteiger partial charge is 0.249 e. The van der Waals surface area contributed by atoms with Gasteiger partial charge in [-0.25, -0.2) is 0 Å². The molecule has 3 rings (SSSR count). The standard InChI is InChI=1S/C15H18N2O2/c1-10-15-12(7-8-17(10)14(18)9-19-2)11-5-3-4-6-13(11)16-15/h3-6,10,16H,7-9H2,1-2H3/t10-/m1/s1. The topological polar surface area (TPSA) is 45.3 Å². The summed E-state index contributed by atoms with van der Waals surface area (Å²) in [6, 6.07) is 8.40. The number of carbonyl (C=O) groups is 1. The SMILES string of the molecule is COCC(=O)N1CCc2c([nH]c3ccccc23)[C@H]1C. The van der Waals surface area contributed by atoms with Gasteiger partial charge in [-0.05, 0) is 25.0 Å². The van der Waals surface area contributed by atoms with E-state index in [1.165, 1.54) is 10.9 Å². The van der Waals surface area contributed by atoms with Gasteiger partial charge in [0.15, 0.2) is 0 Å². The van der Waals surface area contributed by atoms with Gasteiger partial charge in [-0.3, -0.25) is 4.79 Å². The third-order valence-electron chi connectivity index (χ3n) is 3.92. The summed E-state index contributed by atoms with van der Waals surface area (Å²) in [5.41, 5.74) is 3.67. The molecular formula is C15H18N2O2. The van der Waals surface area contributed by atoms with E-state index in [0.717, 1.165) is 24.2 Å². The van der Waals surface area contributed by atoms with Crippen LogP contribution < -0.4 is 0 Å². The maximum atomic E-state index is 12.0. The van der Waals surface area contributed by atoms with Crippen LogP contribution in [-0.2, 0) is 16.0 Å². The van der Waals surface area contributed by atoms with Crippen LogP contribution in [0.3, 0.4) is 0 Å². The van der Waals surface area contributed by atoms with Crippen molar-refractivity contribution in [2.45, 2.75) is 19.4 Å². The van der Waals surface area contributed by atoms with Gasteiger partial charge in [0.1, 0.15) is 6.61 Å². The van der Waals surface area contributed by atoms with E-state index >= 15 is 0 Å². The number of para-hydroxylation sites is 1. The Bertz CT molecular complexity index is 618. The summed E-state index contributed by atoms with van der Waals surface area (Å²) in [5, 5.41) is 1.28. The van der Waals surface area contributed by atoms with Crippen molar-refractivity contribution in [1.82, 2.24) is 9.88 Å². The summed E-state index contributed by atoms with van der Waals surface area (Å²) in [5.74, 6) is 0.0549. The largest absolute Gasteiger partial charge is 0.375 e. The minimum absolute atomic E-state index is 0.0549. The number of hydrogen-bond acceptors (Lipinski definition) is 2. The molecule has 100 valence electrons. The zero-order chi connectivity index (χ0) is 13.4. The first-order valence-electron chi connectivity index (χ1n) is 6.60. The second-order valence-corrected chi connectivity index (χ2v) is 5.01. The van der Waals surface area contributed by atoms with Crippen LogP contribution in [-0.4, -0.2) is 36.1 Å². The van der Waals surface area contributed by atoms with Crippen LogP contribution in [0.1, 0.15) is 24.2 Å². The van der Waals surface area contributed by atoms with Crippen molar-refractivity contribution < 1.29 is 9.53 Å². The Morgan fingerprint density at radius 3 is 3.05 bits per heavy atom. The molecule has 0 saturated heterocycles. The first kappa shape index (κ1) is 12.2. The van der Waals surface area contributed by atoms with Gasteiger partial charge in [-0.1, -0.05) is 18.2 Å².